The molecule has 0 amide bonds. The maximum atomic E-state index is 12.3. The Morgan fingerprint density at radius 1 is 1.08 bits per heavy atom. The van der Waals surface area contributed by atoms with Gasteiger partial charge in [0.15, 0.2) is 0 Å². The van der Waals surface area contributed by atoms with Crippen molar-refractivity contribution in [2.75, 3.05) is 6.61 Å². The lowest BCUT2D eigenvalue weighted by atomic mass is 10.1. The van der Waals surface area contributed by atoms with E-state index >= 15 is 0 Å². The number of carbonyl (C=O) groups is 1. The van der Waals surface area contributed by atoms with E-state index in [9.17, 15) is 4.79 Å². The Bertz CT molecular complexity index is 824. The number of esters is 1. The largest absolute Gasteiger partial charge is 0.493 e. The zero-order valence-electron chi connectivity index (χ0n) is 13.0. The van der Waals surface area contributed by atoms with E-state index in [-0.39, 0.29) is 5.57 Å². The Kier molecular flexibility index (Phi) is 5.71. The Balaban J connectivity index is 2.15. The lowest BCUT2D eigenvalue weighted by Gasteiger charge is -2.09. The smallest absolute Gasteiger partial charge is 0.347 e. The predicted molar refractivity (Wildman–Crippen MR) is 88.2 cm³/mol. The normalized spacial score (nSPS) is 9.29. The van der Waals surface area contributed by atoms with Crippen LogP contribution in [0, 0.1) is 22.7 Å². The summed E-state index contributed by atoms with van der Waals surface area (Å²) in [6.07, 6.45) is 1.45. The quantitative estimate of drug-likeness (QED) is 0.476. The predicted octanol–water partition coefficient (Wildman–Crippen LogP) is 3.74. The number of para-hydroxylation sites is 1. The lowest BCUT2D eigenvalue weighted by molar-refractivity contribution is 0.0730. The van der Waals surface area contributed by atoms with Gasteiger partial charge in [-0.3, -0.25) is 0 Å². The highest BCUT2D eigenvalue weighted by Crippen LogP contribution is 2.21. The minimum Gasteiger partial charge on any atom is -0.493 e. The second-order valence-corrected chi connectivity index (χ2v) is 4.67. The van der Waals surface area contributed by atoms with Gasteiger partial charge < -0.3 is 9.47 Å². The van der Waals surface area contributed by atoms with Crippen LogP contribution in [0.15, 0.2) is 54.1 Å². The Hall–Kier alpha value is -3.57. The van der Waals surface area contributed by atoms with Crippen LogP contribution in [0.4, 0.5) is 0 Å². The van der Waals surface area contributed by atoms with E-state index in [2.05, 4.69) is 0 Å². The summed E-state index contributed by atoms with van der Waals surface area (Å²) in [5.74, 6) is 0.313. The minimum atomic E-state index is -0.517. The summed E-state index contributed by atoms with van der Waals surface area (Å²) in [6.45, 7) is 2.29. The molecule has 0 aromatic heterocycles. The number of allylic oxidation sites excluding steroid dienone is 1. The number of ether oxygens (including phenoxy) is 2. The summed E-state index contributed by atoms with van der Waals surface area (Å²) >= 11 is 0. The second-order valence-electron chi connectivity index (χ2n) is 4.67. The van der Waals surface area contributed by atoms with Gasteiger partial charge in [-0.05, 0) is 42.8 Å². The monoisotopic (exact) mass is 318 g/mol. The first-order chi connectivity index (χ1) is 11.7. The summed E-state index contributed by atoms with van der Waals surface area (Å²) < 4.78 is 10.7. The third-order valence-electron chi connectivity index (χ3n) is 3.05. The summed E-state index contributed by atoms with van der Waals surface area (Å²) in [4.78, 5) is 12.3. The van der Waals surface area contributed by atoms with Crippen LogP contribution in [-0.2, 0) is 0 Å². The van der Waals surface area contributed by atoms with E-state index in [1.54, 1.807) is 60.7 Å². The van der Waals surface area contributed by atoms with Crippen molar-refractivity contribution in [3.05, 3.63) is 65.2 Å². The van der Waals surface area contributed by atoms with Crippen molar-refractivity contribution in [3.8, 4) is 23.6 Å². The molecule has 0 spiro atoms. The average Bonchev–Trinajstić information content (AvgIpc) is 2.61. The zero-order chi connectivity index (χ0) is 17.4. The number of benzene rings is 2. The third kappa shape index (κ3) is 4.22. The highest BCUT2D eigenvalue weighted by atomic mass is 16.5. The summed E-state index contributed by atoms with van der Waals surface area (Å²) in [6, 6.07) is 16.9. The van der Waals surface area contributed by atoms with Crippen molar-refractivity contribution in [3.63, 3.8) is 0 Å². The topological polar surface area (TPSA) is 83.1 Å². The molecule has 0 saturated heterocycles. The van der Waals surface area contributed by atoms with Gasteiger partial charge in [0.05, 0.1) is 6.61 Å². The molecule has 5 heteroatoms. The SMILES string of the molecule is CCOc1ccccc1C(=O)Oc1ccc(C=C(C#N)C#N)cc1. The van der Waals surface area contributed by atoms with Crippen LogP contribution in [-0.4, -0.2) is 12.6 Å². The molecule has 0 aliphatic carbocycles. The zero-order valence-corrected chi connectivity index (χ0v) is 13.0. The number of hydrogen-bond donors (Lipinski definition) is 0. The standard InChI is InChI=1S/C19H14N2O3/c1-2-23-18-6-4-3-5-17(18)19(22)24-16-9-7-14(8-10-16)11-15(12-20)13-21/h3-11H,2H2,1H3. The Labute approximate surface area is 140 Å². The molecule has 0 N–H and O–H groups in total. The van der Waals surface area contributed by atoms with Crippen LogP contribution in [0.3, 0.4) is 0 Å². The van der Waals surface area contributed by atoms with E-state index < -0.39 is 5.97 Å². The van der Waals surface area contributed by atoms with Crippen LogP contribution in [0.1, 0.15) is 22.8 Å². The number of nitrogens with zero attached hydrogens (tertiary/aromatic N) is 2. The maximum Gasteiger partial charge on any atom is 0.347 e. The van der Waals surface area contributed by atoms with Gasteiger partial charge >= 0.3 is 5.97 Å². The number of carbonyl (C=O) groups excluding carboxylic acids is 1. The molecule has 0 unspecified atom stereocenters. The molecule has 2 aromatic rings. The fourth-order valence-electron chi connectivity index (χ4n) is 1.97. The molecule has 2 aromatic carbocycles. The molecular weight excluding hydrogens is 304 g/mol. The third-order valence-corrected chi connectivity index (χ3v) is 3.05. The van der Waals surface area contributed by atoms with Crippen molar-refractivity contribution in [2.24, 2.45) is 0 Å². The molecule has 0 aliphatic rings. The van der Waals surface area contributed by atoms with Crippen molar-refractivity contribution < 1.29 is 14.3 Å². The van der Waals surface area contributed by atoms with E-state index in [0.717, 1.165) is 0 Å². The van der Waals surface area contributed by atoms with Gasteiger partial charge in [0, 0.05) is 0 Å². The molecule has 0 saturated carbocycles. The molecule has 2 rings (SSSR count). The summed E-state index contributed by atoms with van der Waals surface area (Å²) in [7, 11) is 0. The van der Waals surface area contributed by atoms with E-state index in [0.29, 0.717) is 29.2 Å². The van der Waals surface area contributed by atoms with Gasteiger partial charge in [0.2, 0.25) is 0 Å². The van der Waals surface area contributed by atoms with Crippen LogP contribution < -0.4 is 9.47 Å². The van der Waals surface area contributed by atoms with Crippen LogP contribution in [0.25, 0.3) is 6.08 Å². The maximum absolute atomic E-state index is 12.3. The van der Waals surface area contributed by atoms with Crippen molar-refractivity contribution >= 4 is 12.0 Å². The Morgan fingerprint density at radius 3 is 2.38 bits per heavy atom. The molecule has 0 aliphatic heterocycles. The van der Waals surface area contributed by atoms with E-state index in [1.807, 2.05) is 6.92 Å². The second kappa shape index (κ2) is 8.17. The Morgan fingerprint density at radius 2 is 1.75 bits per heavy atom. The van der Waals surface area contributed by atoms with Crippen molar-refractivity contribution in [1.29, 1.82) is 10.5 Å². The molecule has 118 valence electrons. The van der Waals surface area contributed by atoms with Crippen molar-refractivity contribution in [2.45, 2.75) is 6.92 Å². The van der Waals surface area contributed by atoms with Gasteiger partial charge in [0.1, 0.15) is 34.8 Å². The van der Waals surface area contributed by atoms with Gasteiger partial charge in [0.25, 0.3) is 0 Å². The van der Waals surface area contributed by atoms with Gasteiger partial charge in [-0.25, -0.2) is 4.79 Å². The highest BCUT2D eigenvalue weighted by Gasteiger charge is 2.14. The molecule has 0 heterocycles. The van der Waals surface area contributed by atoms with Crippen molar-refractivity contribution in [1.82, 2.24) is 0 Å². The first kappa shape index (κ1) is 16.8. The average molecular weight is 318 g/mol. The first-order valence-electron chi connectivity index (χ1n) is 7.24. The van der Waals surface area contributed by atoms with Gasteiger partial charge in [-0.2, -0.15) is 10.5 Å². The molecule has 24 heavy (non-hydrogen) atoms. The lowest BCUT2D eigenvalue weighted by Crippen LogP contribution is -2.10. The van der Waals surface area contributed by atoms with Gasteiger partial charge in [-0.15, -0.1) is 0 Å². The minimum absolute atomic E-state index is 0.00499. The molecule has 5 nitrogen and oxygen atoms in total. The summed E-state index contributed by atoms with van der Waals surface area (Å²) in [5, 5.41) is 17.5. The van der Waals surface area contributed by atoms with Crippen LogP contribution in [0.5, 0.6) is 11.5 Å². The molecule has 0 atom stereocenters. The molecular formula is C19H14N2O3. The molecule has 0 radical (unpaired) electrons. The molecule has 0 fully saturated rings. The number of rotatable bonds is 5. The fraction of sp³-hybridized carbons (Fsp3) is 0.105. The first-order valence-corrected chi connectivity index (χ1v) is 7.24. The van der Waals surface area contributed by atoms with E-state index in [1.165, 1.54) is 6.08 Å². The number of nitriles is 2. The highest BCUT2D eigenvalue weighted by molar-refractivity contribution is 5.94. The summed E-state index contributed by atoms with van der Waals surface area (Å²) in [5.41, 5.74) is 1.02. The van der Waals surface area contributed by atoms with Gasteiger partial charge in [-0.1, -0.05) is 24.3 Å². The number of hydrogen-bond acceptors (Lipinski definition) is 5. The van der Waals surface area contributed by atoms with Crippen LogP contribution >= 0.6 is 0 Å². The fourth-order valence-corrected chi connectivity index (χ4v) is 1.97. The van der Waals surface area contributed by atoms with Crippen LogP contribution in [0.2, 0.25) is 0 Å². The molecule has 0 bridgehead atoms. The van der Waals surface area contributed by atoms with E-state index in [4.69, 9.17) is 20.0 Å².